The first kappa shape index (κ1) is 8.53. The van der Waals surface area contributed by atoms with Crippen molar-refractivity contribution in [3.05, 3.63) is 0 Å². The predicted molar refractivity (Wildman–Crippen MR) is 42.5 cm³/mol. The Hall–Kier alpha value is -0.570. The lowest BCUT2D eigenvalue weighted by Crippen LogP contribution is -2.48. The topological polar surface area (TPSA) is 49.3 Å². The first-order valence-electron chi connectivity index (χ1n) is 4.13. The molecule has 0 bridgehead atoms. The minimum atomic E-state index is -0.723. The van der Waals surface area contributed by atoms with Crippen LogP contribution >= 0.6 is 0 Å². The summed E-state index contributed by atoms with van der Waals surface area (Å²) in [6.45, 7) is 2.60. The molecule has 1 rings (SSSR count). The first-order chi connectivity index (χ1) is 5.15. The molecule has 0 aromatic heterocycles. The van der Waals surface area contributed by atoms with Crippen molar-refractivity contribution in [2.24, 2.45) is 0 Å². The number of carboxylic acid groups (broad SMARTS) is 1. The van der Waals surface area contributed by atoms with Crippen molar-refractivity contribution >= 4 is 5.97 Å². The molecule has 1 aliphatic heterocycles. The van der Waals surface area contributed by atoms with Crippen molar-refractivity contribution in [3.8, 4) is 0 Å². The van der Waals surface area contributed by atoms with E-state index in [1.54, 1.807) is 6.92 Å². The summed E-state index contributed by atoms with van der Waals surface area (Å²) in [5.74, 6) is -0.723. The number of hydrogen-bond donors (Lipinski definition) is 2. The van der Waals surface area contributed by atoms with E-state index in [2.05, 4.69) is 5.32 Å². The lowest BCUT2D eigenvalue weighted by molar-refractivity contribution is -0.144. The van der Waals surface area contributed by atoms with Gasteiger partial charge in [0.15, 0.2) is 0 Å². The average molecular weight is 157 g/mol. The lowest BCUT2D eigenvalue weighted by Gasteiger charge is -2.23. The number of carboxylic acids is 1. The number of nitrogens with one attached hydrogen (secondary N) is 1. The molecule has 1 aliphatic rings. The molecule has 0 amide bonds. The Morgan fingerprint density at radius 3 is 2.82 bits per heavy atom. The van der Waals surface area contributed by atoms with E-state index < -0.39 is 11.5 Å². The molecule has 0 spiro atoms. The Balaban J connectivity index is 2.59. The van der Waals surface area contributed by atoms with Gasteiger partial charge in [0.2, 0.25) is 0 Å². The van der Waals surface area contributed by atoms with Gasteiger partial charge in [0.05, 0.1) is 0 Å². The van der Waals surface area contributed by atoms with E-state index in [4.69, 9.17) is 5.11 Å². The second kappa shape index (κ2) is 3.22. The molecule has 11 heavy (non-hydrogen) atoms. The van der Waals surface area contributed by atoms with Crippen molar-refractivity contribution < 1.29 is 9.90 Å². The van der Waals surface area contributed by atoms with Crippen molar-refractivity contribution in [1.82, 2.24) is 5.32 Å². The van der Waals surface area contributed by atoms with Crippen LogP contribution in [0, 0.1) is 0 Å². The Labute approximate surface area is 66.8 Å². The third-order valence-electron chi connectivity index (χ3n) is 2.34. The molecule has 1 atom stereocenters. The van der Waals surface area contributed by atoms with Gasteiger partial charge in [-0.05, 0) is 26.3 Å². The van der Waals surface area contributed by atoms with Gasteiger partial charge in [0.25, 0.3) is 0 Å². The molecule has 0 aromatic rings. The van der Waals surface area contributed by atoms with E-state index in [0.29, 0.717) is 0 Å². The fourth-order valence-corrected chi connectivity index (χ4v) is 1.42. The van der Waals surface area contributed by atoms with Crippen LogP contribution < -0.4 is 5.32 Å². The second-order valence-electron chi connectivity index (χ2n) is 3.37. The Bertz CT molecular complexity index is 148. The molecular weight excluding hydrogens is 142 g/mol. The van der Waals surface area contributed by atoms with Crippen LogP contribution in [-0.2, 0) is 4.79 Å². The molecule has 1 fully saturated rings. The van der Waals surface area contributed by atoms with Gasteiger partial charge in [-0.2, -0.15) is 0 Å². The molecule has 0 saturated carbocycles. The van der Waals surface area contributed by atoms with Gasteiger partial charge in [-0.1, -0.05) is 12.8 Å². The van der Waals surface area contributed by atoms with Gasteiger partial charge < -0.3 is 10.4 Å². The van der Waals surface area contributed by atoms with Crippen LogP contribution in [0.1, 0.15) is 32.6 Å². The zero-order valence-corrected chi connectivity index (χ0v) is 6.89. The normalized spacial score (nSPS) is 32.8. The summed E-state index contributed by atoms with van der Waals surface area (Å²) in [5.41, 5.74) is -0.670. The fraction of sp³-hybridized carbons (Fsp3) is 0.875. The summed E-state index contributed by atoms with van der Waals surface area (Å²) < 4.78 is 0. The van der Waals surface area contributed by atoms with Crippen LogP contribution in [0.4, 0.5) is 0 Å². The highest BCUT2D eigenvalue weighted by Gasteiger charge is 2.32. The van der Waals surface area contributed by atoms with Gasteiger partial charge in [0, 0.05) is 0 Å². The maximum absolute atomic E-state index is 10.8. The van der Waals surface area contributed by atoms with Gasteiger partial charge >= 0.3 is 5.97 Å². The van der Waals surface area contributed by atoms with E-state index in [9.17, 15) is 4.79 Å². The van der Waals surface area contributed by atoms with Crippen LogP contribution in [0.25, 0.3) is 0 Å². The maximum atomic E-state index is 10.8. The van der Waals surface area contributed by atoms with Gasteiger partial charge in [-0.25, -0.2) is 0 Å². The smallest absolute Gasteiger partial charge is 0.323 e. The molecular formula is C8H15NO2. The number of hydrogen-bond acceptors (Lipinski definition) is 2. The van der Waals surface area contributed by atoms with Gasteiger partial charge in [-0.15, -0.1) is 0 Å². The Morgan fingerprint density at radius 2 is 2.18 bits per heavy atom. The summed E-state index contributed by atoms with van der Waals surface area (Å²) >= 11 is 0. The quantitative estimate of drug-likeness (QED) is 0.597. The first-order valence-corrected chi connectivity index (χ1v) is 4.13. The van der Waals surface area contributed by atoms with E-state index in [-0.39, 0.29) is 0 Å². The standard InChI is InChI=1S/C8H15NO2/c1-8(7(10)11)5-3-2-4-6-9-8/h9H,2-6H2,1H3,(H,10,11)/t8-/m0/s1. The lowest BCUT2D eigenvalue weighted by atomic mass is 9.97. The highest BCUT2D eigenvalue weighted by molar-refractivity contribution is 5.78. The molecule has 2 N–H and O–H groups in total. The van der Waals surface area contributed by atoms with E-state index in [0.717, 1.165) is 32.2 Å². The summed E-state index contributed by atoms with van der Waals surface area (Å²) in [4.78, 5) is 10.8. The number of aliphatic carboxylic acids is 1. The summed E-state index contributed by atoms with van der Waals surface area (Å²) in [6, 6.07) is 0. The molecule has 3 nitrogen and oxygen atoms in total. The minimum absolute atomic E-state index is 0.670. The zero-order valence-electron chi connectivity index (χ0n) is 6.89. The van der Waals surface area contributed by atoms with E-state index in [1.165, 1.54) is 0 Å². The van der Waals surface area contributed by atoms with E-state index in [1.807, 2.05) is 0 Å². The Kier molecular flexibility index (Phi) is 2.49. The van der Waals surface area contributed by atoms with E-state index >= 15 is 0 Å². The number of rotatable bonds is 1. The Morgan fingerprint density at radius 1 is 1.45 bits per heavy atom. The van der Waals surface area contributed by atoms with Gasteiger partial charge in [-0.3, -0.25) is 4.79 Å². The van der Waals surface area contributed by atoms with Crippen LogP contribution in [-0.4, -0.2) is 23.2 Å². The molecule has 0 radical (unpaired) electrons. The third kappa shape index (κ3) is 1.93. The predicted octanol–water partition coefficient (Wildman–Crippen LogP) is 0.993. The zero-order chi connectivity index (χ0) is 8.32. The molecule has 0 aliphatic carbocycles. The van der Waals surface area contributed by atoms with Crippen LogP contribution in [0.3, 0.4) is 0 Å². The molecule has 64 valence electrons. The molecule has 0 aromatic carbocycles. The monoisotopic (exact) mass is 157 g/mol. The molecule has 0 unspecified atom stereocenters. The summed E-state index contributed by atoms with van der Waals surface area (Å²) in [5, 5.41) is 11.9. The third-order valence-corrected chi connectivity index (χ3v) is 2.34. The highest BCUT2D eigenvalue weighted by atomic mass is 16.4. The molecule has 1 heterocycles. The molecule has 3 heteroatoms. The SMILES string of the molecule is C[C@@]1(C(=O)O)CCCCCN1. The largest absolute Gasteiger partial charge is 0.480 e. The fourth-order valence-electron chi connectivity index (χ4n) is 1.42. The molecule has 1 saturated heterocycles. The van der Waals surface area contributed by atoms with Crippen molar-refractivity contribution in [3.63, 3.8) is 0 Å². The van der Waals surface area contributed by atoms with Crippen molar-refractivity contribution in [2.75, 3.05) is 6.54 Å². The van der Waals surface area contributed by atoms with Crippen LogP contribution in [0.5, 0.6) is 0 Å². The summed E-state index contributed by atoms with van der Waals surface area (Å²) in [6.07, 6.45) is 4.02. The maximum Gasteiger partial charge on any atom is 0.323 e. The van der Waals surface area contributed by atoms with Crippen molar-refractivity contribution in [2.45, 2.75) is 38.1 Å². The van der Waals surface area contributed by atoms with Crippen LogP contribution in [0.2, 0.25) is 0 Å². The van der Waals surface area contributed by atoms with Crippen molar-refractivity contribution in [1.29, 1.82) is 0 Å². The highest BCUT2D eigenvalue weighted by Crippen LogP contribution is 2.18. The summed E-state index contributed by atoms with van der Waals surface area (Å²) in [7, 11) is 0. The van der Waals surface area contributed by atoms with Crippen LogP contribution in [0.15, 0.2) is 0 Å². The second-order valence-corrected chi connectivity index (χ2v) is 3.37. The average Bonchev–Trinajstić information content (AvgIpc) is 2.15. The minimum Gasteiger partial charge on any atom is -0.480 e. The number of carbonyl (C=O) groups is 1. The van der Waals surface area contributed by atoms with Gasteiger partial charge in [0.1, 0.15) is 5.54 Å².